The Hall–Kier alpha value is 0.210. The first-order chi connectivity index (χ1) is 8.33. The average Bonchev–Trinajstić information content (AvgIpc) is 2.74. The fraction of sp³-hybridized carbons (Fsp3) is 1.00. The lowest BCUT2D eigenvalue weighted by molar-refractivity contribution is 0.224. The van der Waals surface area contributed by atoms with E-state index in [-0.39, 0.29) is 12.4 Å². The van der Waals surface area contributed by atoms with Crippen molar-refractivity contribution in [2.75, 3.05) is 19.6 Å². The van der Waals surface area contributed by atoms with E-state index in [0.717, 1.165) is 17.8 Å². The lowest BCUT2D eigenvalue weighted by Gasteiger charge is -2.30. The summed E-state index contributed by atoms with van der Waals surface area (Å²) in [6.45, 7) is 4.04. The Balaban J connectivity index is 0.00000120. The van der Waals surface area contributed by atoms with Gasteiger partial charge in [0, 0.05) is 25.7 Å². The van der Waals surface area contributed by atoms with Crippen LogP contribution in [0.5, 0.6) is 0 Å². The molecule has 2 nitrogen and oxygen atoms in total. The predicted octanol–water partition coefficient (Wildman–Crippen LogP) is 3.05. The molecule has 3 aliphatic rings. The van der Waals surface area contributed by atoms with Gasteiger partial charge in [-0.2, -0.15) is 0 Å². The molecular weight excluding hydrogens is 244 g/mol. The van der Waals surface area contributed by atoms with Crippen LogP contribution in [0.3, 0.4) is 0 Å². The SMILES string of the molecule is Cl.NC1CCCC2CN(CC3CCCCC3)CC12. The summed E-state index contributed by atoms with van der Waals surface area (Å²) < 4.78 is 0. The molecule has 0 aromatic rings. The van der Waals surface area contributed by atoms with Crippen molar-refractivity contribution in [3.8, 4) is 0 Å². The Morgan fingerprint density at radius 3 is 2.39 bits per heavy atom. The van der Waals surface area contributed by atoms with Crippen LogP contribution < -0.4 is 5.73 Å². The Labute approximate surface area is 118 Å². The summed E-state index contributed by atoms with van der Waals surface area (Å²) in [6, 6.07) is 0.505. The molecule has 1 saturated heterocycles. The van der Waals surface area contributed by atoms with Gasteiger partial charge in [-0.15, -0.1) is 12.4 Å². The summed E-state index contributed by atoms with van der Waals surface area (Å²) >= 11 is 0. The highest BCUT2D eigenvalue weighted by atomic mass is 35.5. The van der Waals surface area contributed by atoms with Crippen LogP contribution in [0.4, 0.5) is 0 Å². The molecule has 0 amide bonds. The lowest BCUT2D eigenvalue weighted by Crippen LogP contribution is -2.38. The zero-order chi connectivity index (χ0) is 11.7. The number of nitrogens with zero attached hydrogens (tertiary/aromatic N) is 1. The van der Waals surface area contributed by atoms with Gasteiger partial charge in [-0.1, -0.05) is 25.7 Å². The van der Waals surface area contributed by atoms with Gasteiger partial charge in [0.25, 0.3) is 0 Å². The quantitative estimate of drug-likeness (QED) is 0.837. The van der Waals surface area contributed by atoms with Crippen LogP contribution in [0.1, 0.15) is 51.4 Å². The lowest BCUT2D eigenvalue weighted by atomic mass is 9.78. The first-order valence-electron chi connectivity index (χ1n) is 7.81. The van der Waals surface area contributed by atoms with E-state index < -0.39 is 0 Å². The third-order valence-electron chi connectivity index (χ3n) is 5.47. The Bertz CT molecular complexity index is 253. The number of rotatable bonds is 2. The highest BCUT2D eigenvalue weighted by molar-refractivity contribution is 5.85. The highest BCUT2D eigenvalue weighted by Crippen LogP contribution is 2.36. The van der Waals surface area contributed by atoms with Gasteiger partial charge >= 0.3 is 0 Å². The van der Waals surface area contributed by atoms with E-state index >= 15 is 0 Å². The van der Waals surface area contributed by atoms with Crippen LogP contribution >= 0.6 is 12.4 Å². The average molecular weight is 273 g/mol. The van der Waals surface area contributed by atoms with E-state index in [2.05, 4.69) is 4.90 Å². The summed E-state index contributed by atoms with van der Waals surface area (Å²) in [4.78, 5) is 2.75. The predicted molar refractivity (Wildman–Crippen MR) is 79.1 cm³/mol. The van der Waals surface area contributed by atoms with Crippen molar-refractivity contribution in [3.05, 3.63) is 0 Å². The molecule has 1 aliphatic heterocycles. The monoisotopic (exact) mass is 272 g/mol. The maximum Gasteiger partial charge on any atom is 0.00825 e. The molecule has 3 unspecified atom stereocenters. The number of nitrogens with two attached hydrogens (primary N) is 1. The Morgan fingerprint density at radius 2 is 1.67 bits per heavy atom. The first kappa shape index (κ1) is 14.6. The van der Waals surface area contributed by atoms with Crippen LogP contribution in [0.2, 0.25) is 0 Å². The van der Waals surface area contributed by atoms with E-state index in [1.54, 1.807) is 0 Å². The van der Waals surface area contributed by atoms with Crippen LogP contribution in [-0.2, 0) is 0 Å². The van der Waals surface area contributed by atoms with E-state index in [4.69, 9.17) is 5.73 Å². The molecule has 3 fully saturated rings. The standard InChI is InChI=1S/C15H28N2.ClH/c16-15-8-4-7-13-10-17(11-14(13)15)9-12-5-2-1-3-6-12;/h12-15H,1-11,16H2;1H. The fourth-order valence-corrected chi connectivity index (χ4v) is 4.49. The van der Waals surface area contributed by atoms with Gasteiger partial charge in [-0.3, -0.25) is 0 Å². The van der Waals surface area contributed by atoms with Gasteiger partial charge in [0.05, 0.1) is 0 Å². The second kappa shape index (κ2) is 6.58. The smallest absolute Gasteiger partial charge is 0.00825 e. The van der Waals surface area contributed by atoms with Crippen molar-refractivity contribution in [3.63, 3.8) is 0 Å². The van der Waals surface area contributed by atoms with E-state index in [0.29, 0.717) is 6.04 Å². The summed E-state index contributed by atoms with van der Waals surface area (Å²) in [7, 11) is 0. The van der Waals surface area contributed by atoms with Crippen molar-refractivity contribution >= 4 is 12.4 Å². The van der Waals surface area contributed by atoms with Crippen molar-refractivity contribution in [2.24, 2.45) is 23.5 Å². The first-order valence-corrected chi connectivity index (χ1v) is 7.81. The topological polar surface area (TPSA) is 29.3 Å². The molecule has 2 N–H and O–H groups in total. The number of likely N-dealkylation sites (tertiary alicyclic amines) is 1. The van der Waals surface area contributed by atoms with Gasteiger partial charge < -0.3 is 10.6 Å². The van der Waals surface area contributed by atoms with Gasteiger partial charge in [-0.25, -0.2) is 0 Å². The minimum absolute atomic E-state index is 0. The molecule has 106 valence electrons. The third kappa shape index (κ3) is 3.20. The summed E-state index contributed by atoms with van der Waals surface area (Å²) in [6.07, 6.45) is 11.5. The van der Waals surface area contributed by atoms with Gasteiger partial charge in [-0.05, 0) is 43.4 Å². The molecule has 3 rings (SSSR count). The molecular formula is C15H29ClN2. The minimum Gasteiger partial charge on any atom is -0.327 e. The molecule has 2 aliphatic carbocycles. The normalized spacial score (nSPS) is 38.2. The minimum atomic E-state index is 0. The molecule has 1 heterocycles. The fourth-order valence-electron chi connectivity index (χ4n) is 4.49. The molecule has 3 atom stereocenters. The molecule has 0 spiro atoms. The number of hydrogen-bond donors (Lipinski definition) is 1. The van der Waals surface area contributed by atoms with Crippen LogP contribution in [0, 0.1) is 17.8 Å². The summed E-state index contributed by atoms with van der Waals surface area (Å²) in [5.74, 6) is 2.76. The largest absolute Gasteiger partial charge is 0.327 e. The molecule has 0 aromatic carbocycles. The zero-order valence-corrected chi connectivity index (χ0v) is 12.3. The Kier molecular flexibility index (Phi) is 5.35. The van der Waals surface area contributed by atoms with Gasteiger partial charge in [0.15, 0.2) is 0 Å². The van der Waals surface area contributed by atoms with Crippen molar-refractivity contribution in [2.45, 2.75) is 57.4 Å². The van der Waals surface area contributed by atoms with Crippen molar-refractivity contribution in [1.82, 2.24) is 4.90 Å². The molecule has 0 radical (unpaired) electrons. The van der Waals surface area contributed by atoms with Crippen LogP contribution in [0.25, 0.3) is 0 Å². The maximum absolute atomic E-state index is 6.29. The summed E-state index contributed by atoms with van der Waals surface area (Å²) in [5, 5.41) is 0. The number of halogens is 1. The second-order valence-corrected chi connectivity index (χ2v) is 6.74. The second-order valence-electron chi connectivity index (χ2n) is 6.74. The Morgan fingerprint density at radius 1 is 0.889 bits per heavy atom. The molecule has 0 aromatic heterocycles. The zero-order valence-electron chi connectivity index (χ0n) is 11.5. The molecule has 2 saturated carbocycles. The van der Waals surface area contributed by atoms with E-state index in [1.165, 1.54) is 71.0 Å². The molecule has 0 bridgehead atoms. The molecule has 3 heteroatoms. The van der Waals surface area contributed by atoms with Crippen LogP contribution in [0.15, 0.2) is 0 Å². The summed E-state index contributed by atoms with van der Waals surface area (Å²) in [5.41, 5.74) is 6.29. The highest BCUT2D eigenvalue weighted by Gasteiger charge is 2.38. The van der Waals surface area contributed by atoms with Crippen molar-refractivity contribution in [1.29, 1.82) is 0 Å². The van der Waals surface area contributed by atoms with Gasteiger partial charge in [0.1, 0.15) is 0 Å². The molecule has 18 heavy (non-hydrogen) atoms. The number of hydrogen-bond acceptors (Lipinski definition) is 2. The number of fused-ring (bicyclic) bond motifs is 1. The third-order valence-corrected chi connectivity index (χ3v) is 5.47. The maximum atomic E-state index is 6.29. The van der Waals surface area contributed by atoms with E-state index in [9.17, 15) is 0 Å². The van der Waals surface area contributed by atoms with E-state index in [1.807, 2.05) is 0 Å². The van der Waals surface area contributed by atoms with Crippen molar-refractivity contribution < 1.29 is 0 Å². The van der Waals surface area contributed by atoms with Crippen LogP contribution in [-0.4, -0.2) is 30.6 Å². The van der Waals surface area contributed by atoms with Gasteiger partial charge in [0.2, 0.25) is 0 Å².